The zero-order chi connectivity index (χ0) is 15.7. The van der Waals surface area contributed by atoms with E-state index in [1.165, 1.54) is 18.3 Å². The van der Waals surface area contributed by atoms with Crippen molar-refractivity contribution in [1.82, 2.24) is 0 Å². The fraction of sp³-hybridized carbons (Fsp3) is 0.273. The number of hydrogen-bond donors (Lipinski definition) is 2. The van der Waals surface area contributed by atoms with Crippen molar-refractivity contribution in [3.05, 3.63) is 29.3 Å². The van der Waals surface area contributed by atoms with Crippen LogP contribution in [0.1, 0.15) is 15.9 Å². The van der Waals surface area contributed by atoms with Crippen LogP contribution in [0.25, 0.3) is 0 Å². The summed E-state index contributed by atoms with van der Waals surface area (Å²) < 4.78 is 61.4. The summed E-state index contributed by atoms with van der Waals surface area (Å²) in [4.78, 5) is 21.8. The van der Waals surface area contributed by atoms with Gasteiger partial charge in [0.05, 0.1) is 11.3 Å². The molecule has 0 heterocycles. The highest BCUT2D eigenvalue weighted by Crippen LogP contribution is 2.36. The molecule has 0 bridgehead atoms. The van der Waals surface area contributed by atoms with Crippen LogP contribution in [0.3, 0.4) is 0 Å². The number of rotatable bonds is 3. The first-order valence-corrected chi connectivity index (χ1v) is 5.06. The molecular weight excluding hydrogens is 289 g/mol. The monoisotopic (exact) mass is 297 g/mol. The Labute approximate surface area is 109 Å². The Morgan fingerprint density at radius 3 is 2.15 bits per heavy atom. The van der Waals surface area contributed by atoms with E-state index in [1.54, 1.807) is 0 Å². The first-order chi connectivity index (χ1) is 8.96. The van der Waals surface area contributed by atoms with Crippen LogP contribution in [0.4, 0.5) is 27.6 Å². The molecule has 0 aliphatic carbocycles. The van der Waals surface area contributed by atoms with E-state index in [-0.39, 0.29) is 0 Å². The van der Waals surface area contributed by atoms with Crippen LogP contribution in [0.15, 0.2) is 18.2 Å². The molecule has 1 rings (SSSR count). The van der Waals surface area contributed by atoms with Crippen LogP contribution < -0.4 is 5.32 Å². The van der Waals surface area contributed by atoms with E-state index in [0.29, 0.717) is 5.56 Å². The van der Waals surface area contributed by atoms with Gasteiger partial charge < -0.3 is 10.4 Å². The minimum absolute atomic E-state index is 0.433. The molecular formula is C11H8F5NO3. The number of benzene rings is 1. The Kier molecular flexibility index (Phi) is 4.02. The van der Waals surface area contributed by atoms with Crippen molar-refractivity contribution in [3.8, 4) is 0 Å². The van der Waals surface area contributed by atoms with Crippen molar-refractivity contribution in [2.45, 2.75) is 19.0 Å². The number of alkyl halides is 5. The van der Waals surface area contributed by atoms with Crippen LogP contribution in [-0.2, 0) is 4.79 Å². The minimum Gasteiger partial charge on any atom is -0.478 e. The molecule has 1 amide bonds. The lowest BCUT2D eigenvalue weighted by molar-refractivity contribution is -0.267. The van der Waals surface area contributed by atoms with E-state index in [4.69, 9.17) is 5.11 Å². The molecule has 110 valence electrons. The molecule has 20 heavy (non-hydrogen) atoms. The molecule has 0 unspecified atom stereocenters. The predicted molar refractivity (Wildman–Crippen MR) is 57.8 cm³/mol. The number of anilines is 1. The van der Waals surface area contributed by atoms with Gasteiger partial charge in [0, 0.05) is 0 Å². The Bertz CT molecular complexity index is 553. The summed E-state index contributed by atoms with van der Waals surface area (Å²) in [6.45, 7) is 1.49. The highest BCUT2D eigenvalue weighted by atomic mass is 19.4. The maximum atomic E-state index is 12.7. The van der Waals surface area contributed by atoms with E-state index in [0.717, 1.165) is 12.1 Å². The number of carboxylic acid groups (broad SMARTS) is 1. The van der Waals surface area contributed by atoms with Crippen LogP contribution in [0.2, 0.25) is 0 Å². The van der Waals surface area contributed by atoms with Gasteiger partial charge in [-0.15, -0.1) is 0 Å². The molecule has 0 radical (unpaired) electrons. The van der Waals surface area contributed by atoms with Crippen molar-refractivity contribution in [2.75, 3.05) is 5.32 Å². The van der Waals surface area contributed by atoms with Gasteiger partial charge in [0.25, 0.3) is 0 Å². The molecule has 1 aromatic rings. The van der Waals surface area contributed by atoms with Gasteiger partial charge in [-0.25, -0.2) is 4.79 Å². The topological polar surface area (TPSA) is 66.4 Å². The molecule has 2 N–H and O–H groups in total. The smallest absolute Gasteiger partial charge is 0.463 e. The third-order valence-corrected chi connectivity index (χ3v) is 2.29. The summed E-state index contributed by atoms with van der Waals surface area (Å²) in [7, 11) is 0. The molecule has 9 heteroatoms. The summed E-state index contributed by atoms with van der Waals surface area (Å²) >= 11 is 0. The van der Waals surface area contributed by atoms with E-state index < -0.39 is 35.2 Å². The van der Waals surface area contributed by atoms with E-state index in [9.17, 15) is 31.5 Å². The van der Waals surface area contributed by atoms with Crippen LogP contribution in [-0.4, -0.2) is 29.1 Å². The average molecular weight is 297 g/mol. The highest BCUT2D eigenvalue weighted by molar-refractivity contribution is 6.03. The number of amides is 1. The van der Waals surface area contributed by atoms with Crippen molar-refractivity contribution in [2.24, 2.45) is 0 Å². The van der Waals surface area contributed by atoms with E-state index in [2.05, 4.69) is 0 Å². The van der Waals surface area contributed by atoms with Crippen molar-refractivity contribution in [3.63, 3.8) is 0 Å². The van der Waals surface area contributed by atoms with Gasteiger partial charge >= 0.3 is 24.0 Å². The van der Waals surface area contributed by atoms with Crippen LogP contribution >= 0.6 is 0 Å². The Morgan fingerprint density at radius 2 is 1.70 bits per heavy atom. The second-order valence-electron chi connectivity index (χ2n) is 3.88. The molecule has 1 aromatic carbocycles. The summed E-state index contributed by atoms with van der Waals surface area (Å²) in [5.41, 5.74) is -0.795. The van der Waals surface area contributed by atoms with Crippen molar-refractivity contribution >= 4 is 17.6 Å². The van der Waals surface area contributed by atoms with E-state index in [1.807, 2.05) is 0 Å². The molecule has 0 aromatic heterocycles. The molecule has 4 nitrogen and oxygen atoms in total. The van der Waals surface area contributed by atoms with Gasteiger partial charge in [0.2, 0.25) is 0 Å². The van der Waals surface area contributed by atoms with Crippen LogP contribution in [0.5, 0.6) is 0 Å². The van der Waals surface area contributed by atoms with Crippen molar-refractivity contribution in [1.29, 1.82) is 0 Å². The second kappa shape index (κ2) is 5.06. The first kappa shape index (κ1) is 15.9. The third-order valence-electron chi connectivity index (χ3n) is 2.29. The summed E-state index contributed by atoms with van der Waals surface area (Å²) in [5.74, 6) is -9.83. The molecule has 0 aliphatic heterocycles. The Morgan fingerprint density at radius 1 is 1.15 bits per heavy atom. The van der Waals surface area contributed by atoms with Gasteiger partial charge in [-0.2, -0.15) is 22.0 Å². The number of carbonyl (C=O) groups excluding carboxylic acids is 1. The molecule has 0 fully saturated rings. The predicted octanol–water partition coefficient (Wildman–Crippen LogP) is 2.83. The average Bonchev–Trinajstić information content (AvgIpc) is 2.29. The quantitative estimate of drug-likeness (QED) is 0.843. The molecule has 0 saturated heterocycles. The number of carbonyl (C=O) groups is 2. The lowest BCUT2D eigenvalue weighted by Crippen LogP contribution is -2.47. The number of aromatic carboxylic acids is 1. The standard InChI is InChI=1S/C11H8F5NO3/c1-5-2-3-7(6(4-5)8(18)19)17-9(20)10(12,13)11(14,15)16/h2-4H,1H3,(H,17,20)(H,18,19). The molecule has 0 atom stereocenters. The fourth-order valence-corrected chi connectivity index (χ4v) is 1.27. The first-order valence-electron chi connectivity index (χ1n) is 5.06. The van der Waals surface area contributed by atoms with E-state index >= 15 is 0 Å². The number of hydrogen-bond acceptors (Lipinski definition) is 2. The van der Waals surface area contributed by atoms with Gasteiger partial charge in [-0.3, -0.25) is 4.79 Å². The molecule has 0 aliphatic rings. The normalized spacial score (nSPS) is 12.1. The highest BCUT2D eigenvalue weighted by Gasteiger charge is 2.63. The van der Waals surface area contributed by atoms with Gasteiger partial charge in [-0.05, 0) is 19.1 Å². The largest absolute Gasteiger partial charge is 0.478 e. The summed E-state index contributed by atoms with van der Waals surface area (Å²) in [6, 6.07) is 3.22. The zero-order valence-corrected chi connectivity index (χ0v) is 9.89. The third kappa shape index (κ3) is 3.03. The van der Waals surface area contributed by atoms with Gasteiger partial charge in [0.15, 0.2) is 0 Å². The zero-order valence-electron chi connectivity index (χ0n) is 9.89. The summed E-state index contributed by atoms with van der Waals surface area (Å²) in [5, 5.41) is 10.1. The van der Waals surface area contributed by atoms with Crippen molar-refractivity contribution < 1.29 is 36.6 Å². The number of halogens is 5. The lowest BCUT2D eigenvalue weighted by atomic mass is 10.1. The maximum absolute atomic E-state index is 12.7. The number of nitrogens with one attached hydrogen (secondary N) is 1. The maximum Gasteiger partial charge on any atom is 0.463 e. The molecule has 0 spiro atoms. The van der Waals surface area contributed by atoms with Gasteiger partial charge in [0.1, 0.15) is 0 Å². The Balaban J connectivity index is 3.12. The van der Waals surface area contributed by atoms with Gasteiger partial charge in [-0.1, -0.05) is 11.6 Å². The number of carboxylic acids is 1. The summed E-state index contributed by atoms with van der Waals surface area (Å²) in [6.07, 6.45) is -6.06. The minimum atomic E-state index is -6.06. The molecule has 0 saturated carbocycles. The van der Waals surface area contributed by atoms with Crippen LogP contribution in [0, 0.1) is 6.92 Å². The second-order valence-corrected chi connectivity index (χ2v) is 3.88. The SMILES string of the molecule is Cc1ccc(NC(=O)C(F)(F)C(F)(F)F)c(C(=O)O)c1. The number of aryl methyl sites for hydroxylation is 1. The lowest BCUT2D eigenvalue weighted by Gasteiger charge is -2.19. The fourth-order valence-electron chi connectivity index (χ4n) is 1.27. The Hall–Kier alpha value is -2.19.